The number of nitrogens with zero attached hydrogens (tertiary/aromatic N) is 3. The summed E-state index contributed by atoms with van der Waals surface area (Å²) in [6.07, 6.45) is 3.28. The third-order valence-electron chi connectivity index (χ3n) is 4.27. The van der Waals surface area contributed by atoms with Crippen LogP contribution in [0.15, 0.2) is 54.2 Å². The van der Waals surface area contributed by atoms with Crippen LogP contribution in [0.5, 0.6) is 0 Å². The van der Waals surface area contributed by atoms with Crippen molar-refractivity contribution < 1.29 is 4.79 Å². The Morgan fingerprint density at radius 3 is 2.84 bits per heavy atom. The number of anilines is 1. The van der Waals surface area contributed by atoms with Gasteiger partial charge < -0.3 is 5.32 Å². The summed E-state index contributed by atoms with van der Waals surface area (Å²) in [5, 5.41) is 9.36. The summed E-state index contributed by atoms with van der Waals surface area (Å²) in [7, 11) is 0. The average Bonchev–Trinajstić information content (AvgIpc) is 3.28. The molecular weight excluding hydrogens is 332 g/mol. The van der Waals surface area contributed by atoms with E-state index in [1.165, 1.54) is 0 Å². The normalized spacial score (nSPS) is 11.0. The van der Waals surface area contributed by atoms with E-state index >= 15 is 0 Å². The standard InChI is InChI=1S/C19H16N4OS/c1-12-5-3-6-15(13(12)2)22-19(24)14-11-21-23-16(8-9-20-18(14)23)17-7-4-10-25-17/h3-11H,1-2H3,(H,22,24). The molecule has 0 aliphatic rings. The van der Waals surface area contributed by atoms with Gasteiger partial charge in [0.25, 0.3) is 5.91 Å². The molecule has 1 aromatic carbocycles. The molecule has 0 atom stereocenters. The molecule has 0 spiro atoms. The second-order valence-electron chi connectivity index (χ2n) is 5.80. The third kappa shape index (κ3) is 2.70. The van der Waals surface area contributed by atoms with Gasteiger partial charge in [-0.3, -0.25) is 4.79 Å². The molecule has 3 aromatic heterocycles. The van der Waals surface area contributed by atoms with Crippen LogP contribution in [0.1, 0.15) is 21.5 Å². The van der Waals surface area contributed by atoms with E-state index in [4.69, 9.17) is 0 Å². The van der Waals surface area contributed by atoms with E-state index in [0.717, 1.165) is 27.4 Å². The van der Waals surface area contributed by atoms with Crippen LogP contribution < -0.4 is 5.32 Å². The lowest BCUT2D eigenvalue weighted by Crippen LogP contribution is -2.13. The second-order valence-corrected chi connectivity index (χ2v) is 6.75. The molecule has 0 aliphatic carbocycles. The first-order valence-electron chi connectivity index (χ1n) is 7.89. The molecule has 0 saturated carbocycles. The zero-order chi connectivity index (χ0) is 17.4. The van der Waals surface area contributed by atoms with Crippen molar-refractivity contribution >= 4 is 28.6 Å². The number of carbonyl (C=O) groups excluding carboxylic acids is 1. The van der Waals surface area contributed by atoms with Gasteiger partial charge in [-0.25, -0.2) is 9.50 Å². The highest BCUT2D eigenvalue weighted by atomic mass is 32.1. The molecule has 1 amide bonds. The molecule has 0 unspecified atom stereocenters. The predicted octanol–water partition coefficient (Wildman–Crippen LogP) is 4.33. The van der Waals surface area contributed by atoms with Gasteiger partial charge in [-0.15, -0.1) is 11.3 Å². The number of aryl methyl sites for hydroxylation is 1. The van der Waals surface area contributed by atoms with Gasteiger partial charge in [0.1, 0.15) is 5.56 Å². The first-order chi connectivity index (χ1) is 12.1. The molecule has 1 N–H and O–H groups in total. The fraction of sp³-hybridized carbons (Fsp3) is 0.105. The lowest BCUT2D eigenvalue weighted by atomic mass is 10.1. The number of rotatable bonds is 3. The number of hydrogen-bond acceptors (Lipinski definition) is 4. The minimum absolute atomic E-state index is 0.209. The summed E-state index contributed by atoms with van der Waals surface area (Å²) in [4.78, 5) is 18.2. The summed E-state index contributed by atoms with van der Waals surface area (Å²) >= 11 is 1.63. The number of aromatic nitrogens is 3. The van der Waals surface area contributed by atoms with E-state index in [2.05, 4.69) is 15.4 Å². The molecule has 0 radical (unpaired) electrons. The highest BCUT2D eigenvalue weighted by Gasteiger charge is 2.17. The summed E-state index contributed by atoms with van der Waals surface area (Å²) in [6.45, 7) is 4.02. The maximum atomic E-state index is 12.7. The average molecular weight is 348 g/mol. The highest BCUT2D eigenvalue weighted by molar-refractivity contribution is 7.13. The molecular formula is C19H16N4OS. The van der Waals surface area contributed by atoms with Crippen molar-refractivity contribution in [3.63, 3.8) is 0 Å². The van der Waals surface area contributed by atoms with E-state index in [-0.39, 0.29) is 5.91 Å². The number of fused-ring (bicyclic) bond motifs is 1. The van der Waals surface area contributed by atoms with Crippen LogP contribution in [-0.4, -0.2) is 20.5 Å². The Labute approximate surface area is 149 Å². The lowest BCUT2D eigenvalue weighted by molar-refractivity contribution is 0.102. The van der Waals surface area contributed by atoms with Gasteiger partial charge in [-0.05, 0) is 48.6 Å². The summed E-state index contributed by atoms with van der Waals surface area (Å²) in [6, 6.07) is 11.8. The minimum atomic E-state index is -0.209. The Balaban J connectivity index is 1.74. The van der Waals surface area contributed by atoms with Crippen LogP contribution in [0, 0.1) is 13.8 Å². The molecule has 3 heterocycles. The minimum Gasteiger partial charge on any atom is -0.322 e. The molecule has 4 aromatic rings. The quantitative estimate of drug-likeness (QED) is 0.599. The monoisotopic (exact) mass is 348 g/mol. The molecule has 0 saturated heterocycles. The molecule has 0 aliphatic heterocycles. The Kier molecular flexibility index (Phi) is 3.82. The van der Waals surface area contributed by atoms with Crippen LogP contribution in [0.2, 0.25) is 0 Å². The maximum Gasteiger partial charge on any atom is 0.261 e. The van der Waals surface area contributed by atoms with Gasteiger partial charge in [0.15, 0.2) is 5.65 Å². The van der Waals surface area contributed by atoms with Crippen molar-refractivity contribution in [2.45, 2.75) is 13.8 Å². The Bertz CT molecular complexity index is 1070. The fourth-order valence-corrected chi connectivity index (χ4v) is 3.47. The number of thiophene rings is 1. The SMILES string of the molecule is Cc1cccc(NC(=O)c2cnn3c(-c4cccs4)ccnc23)c1C. The first kappa shape index (κ1) is 15.5. The highest BCUT2D eigenvalue weighted by Crippen LogP contribution is 2.26. The van der Waals surface area contributed by atoms with Gasteiger partial charge >= 0.3 is 0 Å². The zero-order valence-electron chi connectivity index (χ0n) is 13.9. The van der Waals surface area contributed by atoms with E-state index in [0.29, 0.717) is 11.2 Å². The largest absolute Gasteiger partial charge is 0.322 e. The zero-order valence-corrected chi connectivity index (χ0v) is 14.7. The van der Waals surface area contributed by atoms with Crippen LogP contribution in [0.4, 0.5) is 5.69 Å². The Morgan fingerprint density at radius 1 is 1.16 bits per heavy atom. The Hall–Kier alpha value is -2.99. The molecule has 124 valence electrons. The van der Waals surface area contributed by atoms with Crippen LogP contribution in [0.3, 0.4) is 0 Å². The van der Waals surface area contributed by atoms with Crippen LogP contribution in [-0.2, 0) is 0 Å². The number of amides is 1. The molecule has 0 fully saturated rings. The van der Waals surface area contributed by atoms with E-state index in [9.17, 15) is 4.79 Å². The van der Waals surface area contributed by atoms with E-state index in [1.807, 2.05) is 55.6 Å². The van der Waals surface area contributed by atoms with Crippen molar-refractivity contribution in [1.82, 2.24) is 14.6 Å². The van der Waals surface area contributed by atoms with Gasteiger partial charge in [0.05, 0.1) is 16.8 Å². The number of benzene rings is 1. The van der Waals surface area contributed by atoms with Gasteiger partial charge in [-0.2, -0.15) is 5.10 Å². The molecule has 25 heavy (non-hydrogen) atoms. The number of carbonyl (C=O) groups is 1. The number of hydrogen-bond donors (Lipinski definition) is 1. The van der Waals surface area contributed by atoms with Crippen molar-refractivity contribution in [2.75, 3.05) is 5.32 Å². The summed E-state index contributed by atoms with van der Waals surface area (Å²) < 4.78 is 1.71. The summed E-state index contributed by atoms with van der Waals surface area (Å²) in [5.41, 5.74) is 4.92. The fourth-order valence-electron chi connectivity index (χ4n) is 2.74. The van der Waals surface area contributed by atoms with Crippen molar-refractivity contribution in [2.24, 2.45) is 0 Å². The topological polar surface area (TPSA) is 59.3 Å². The summed E-state index contributed by atoms with van der Waals surface area (Å²) in [5.74, 6) is -0.209. The maximum absolute atomic E-state index is 12.7. The van der Waals surface area contributed by atoms with Crippen LogP contribution >= 0.6 is 11.3 Å². The molecule has 0 bridgehead atoms. The molecule has 6 heteroatoms. The van der Waals surface area contributed by atoms with Crippen molar-refractivity contribution in [1.29, 1.82) is 0 Å². The van der Waals surface area contributed by atoms with E-state index < -0.39 is 0 Å². The van der Waals surface area contributed by atoms with Gasteiger partial charge in [0.2, 0.25) is 0 Å². The van der Waals surface area contributed by atoms with E-state index in [1.54, 1.807) is 28.2 Å². The van der Waals surface area contributed by atoms with Gasteiger partial charge in [0, 0.05) is 11.9 Å². The second kappa shape index (κ2) is 6.14. The predicted molar refractivity (Wildman–Crippen MR) is 100 cm³/mol. The Morgan fingerprint density at radius 2 is 2.04 bits per heavy atom. The smallest absolute Gasteiger partial charge is 0.261 e. The molecule has 4 rings (SSSR count). The van der Waals surface area contributed by atoms with Crippen molar-refractivity contribution in [3.05, 3.63) is 70.9 Å². The molecule has 5 nitrogen and oxygen atoms in total. The van der Waals surface area contributed by atoms with Gasteiger partial charge in [-0.1, -0.05) is 18.2 Å². The lowest BCUT2D eigenvalue weighted by Gasteiger charge is -2.09. The van der Waals surface area contributed by atoms with Crippen molar-refractivity contribution in [3.8, 4) is 10.6 Å². The van der Waals surface area contributed by atoms with Crippen LogP contribution in [0.25, 0.3) is 16.2 Å². The first-order valence-corrected chi connectivity index (χ1v) is 8.77. The third-order valence-corrected chi connectivity index (χ3v) is 5.16. The number of nitrogens with one attached hydrogen (secondary N) is 1.